The molecule has 3 aromatic rings. The third-order valence-electron chi connectivity index (χ3n) is 3.86. The van der Waals surface area contributed by atoms with Gasteiger partial charge in [-0.05, 0) is 12.1 Å². The van der Waals surface area contributed by atoms with Gasteiger partial charge in [-0.15, -0.1) is 0 Å². The second kappa shape index (κ2) is 6.49. The lowest BCUT2D eigenvalue weighted by molar-refractivity contribution is -0.385. The van der Waals surface area contributed by atoms with Crippen molar-refractivity contribution in [3.63, 3.8) is 0 Å². The second-order valence-corrected chi connectivity index (χ2v) is 5.42. The summed E-state index contributed by atoms with van der Waals surface area (Å²) in [6, 6.07) is 14.0. The van der Waals surface area contributed by atoms with Crippen LogP contribution in [-0.4, -0.2) is 20.4 Å². The lowest BCUT2D eigenvalue weighted by atomic mass is 10.1. The Kier molecular flexibility index (Phi) is 4.24. The molecule has 2 aromatic carbocycles. The monoisotopic (exact) mass is 324 g/mol. The largest absolute Gasteiger partial charge is 0.349 e. The summed E-state index contributed by atoms with van der Waals surface area (Å²) in [5, 5.41) is 13.8. The van der Waals surface area contributed by atoms with Gasteiger partial charge in [-0.1, -0.05) is 30.3 Å². The van der Waals surface area contributed by atoms with Crippen LogP contribution in [0.2, 0.25) is 0 Å². The van der Waals surface area contributed by atoms with Crippen LogP contribution in [0, 0.1) is 10.1 Å². The van der Waals surface area contributed by atoms with Gasteiger partial charge in [-0.3, -0.25) is 14.9 Å². The van der Waals surface area contributed by atoms with E-state index >= 15 is 0 Å². The number of hydrogen-bond acceptors (Lipinski definition) is 4. The summed E-state index contributed by atoms with van der Waals surface area (Å²) in [6.07, 6.45) is -0.0406. The van der Waals surface area contributed by atoms with Crippen molar-refractivity contribution >= 4 is 22.6 Å². The van der Waals surface area contributed by atoms with Gasteiger partial charge in [0.2, 0.25) is 5.91 Å². The summed E-state index contributed by atoms with van der Waals surface area (Å²) >= 11 is 0. The summed E-state index contributed by atoms with van der Waals surface area (Å²) in [6.45, 7) is 0.268. The Morgan fingerprint density at radius 1 is 1.21 bits per heavy atom. The molecule has 0 unspecified atom stereocenters. The Hall–Kier alpha value is -3.22. The van der Waals surface area contributed by atoms with Crippen LogP contribution in [0.25, 0.3) is 11.0 Å². The molecule has 1 N–H and O–H groups in total. The van der Waals surface area contributed by atoms with Crippen LogP contribution in [0.15, 0.2) is 48.5 Å². The number of carbonyl (C=O) groups excluding carboxylic acids is 1. The normalized spacial score (nSPS) is 10.7. The number of nitro groups is 1. The minimum atomic E-state index is -0.478. The number of hydrogen-bond donors (Lipinski definition) is 1. The number of nitro benzene ring substituents is 1. The summed E-state index contributed by atoms with van der Waals surface area (Å²) in [5.41, 5.74) is 2.20. The second-order valence-electron chi connectivity index (χ2n) is 5.42. The Labute approximate surface area is 138 Å². The van der Waals surface area contributed by atoms with Gasteiger partial charge < -0.3 is 9.88 Å². The fraction of sp³-hybridized carbons (Fsp3) is 0.176. The van der Waals surface area contributed by atoms with Crippen molar-refractivity contribution in [2.24, 2.45) is 7.05 Å². The number of aromatic nitrogens is 2. The zero-order chi connectivity index (χ0) is 17.1. The molecule has 1 aromatic heterocycles. The molecule has 0 aliphatic carbocycles. The van der Waals surface area contributed by atoms with Gasteiger partial charge in [0.25, 0.3) is 5.69 Å². The number of benzene rings is 2. The summed E-state index contributed by atoms with van der Waals surface area (Å²) in [7, 11) is 1.89. The fourth-order valence-electron chi connectivity index (χ4n) is 2.61. The molecule has 0 radical (unpaired) electrons. The maximum Gasteiger partial charge on any atom is 0.273 e. The Morgan fingerprint density at radius 3 is 2.67 bits per heavy atom. The number of amides is 1. The molecule has 1 heterocycles. The molecule has 0 aliphatic heterocycles. The smallest absolute Gasteiger partial charge is 0.273 e. The van der Waals surface area contributed by atoms with Crippen molar-refractivity contribution < 1.29 is 9.72 Å². The summed E-state index contributed by atoms with van der Waals surface area (Å²) < 4.78 is 1.92. The number of imidazole rings is 1. The van der Waals surface area contributed by atoms with Gasteiger partial charge in [0, 0.05) is 18.7 Å². The van der Waals surface area contributed by atoms with E-state index in [0.717, 1.165) is 16.9 Å². The van der Waals surface area contributed by atoms with Crippen LogP contribution in [0.4, 0.5) is 5.69 Å². The lowest BCUT2D eigenvalue weighted by Crippen LogP contribution is -2.26. The lowest BCUT2D eigenvalue weighted by Gasteiger charge is -2.06. The first-order valence-corrected chi connectivity index (χ1v) is 7.45. The molecule has 122 valence electrons. The van der Waals surface area contributed by atoms with E-state index in [2.05, 4.69) is 10.3 Å². The number of nitrogens with one attached hydrogen (secondary N) is 1. The molecule has 7 heteroatoms. The van der Waals surface area contributed by atoms with Crippen molar-refractivity contribution in [3.05, 3.63) is 70.0 Å². The van der Waals surface area contributed by atoms with E-state index in [1.165, 1.54) is 6.07 Å². The third-order valence-corrected chi connectivity index (χ3v) is 3.86. The molecular weight excluding hydrogens is 308 g/mol. The molecule has 0 saturated carbocycles. The van der Waals surface area contributed by atoms with Gasteiger partial charge in [-0.2, -0.15) is 0 Å². The molecule has 7 nitrogen and oxygen atoms in total. The first-order valence-electron chi connectivity index (χ1n) is 7.45. The van der Waals surface area contributed by atoms with E-state index in [0.29, 0.717) is 5.56 Å². The summed E-state index contributed by atoms with van der Waals surface area (Å²) in [5.74, 6) is 0.448. The van der Waals surface area contributed by atoms with Gasteiger partial charge in [0.1, 0.15) is 5.82 Å². The first-order chi connectivity index (χ1) is 11.6. The van der Waals surface area contributed by atoms with Gasteiger partial charge in [0.05, 0.1) is 28.9 Å². The average Bonchev–Trinajstić information content (AvgIpc) is 2.90. The van der Waals surface area contributed by atoms with Crippen molar-refractivity contribution in [3.8, 4) is 0 Å². The van der Waals surface area contributed by atoms with Crippen molar-refractivity contribution in [1.82, 2.24) is 14.9 Å². The van der Waals surface area contributed by atoms with Crippen molar-refractivity contribution in [2.45, 2.75) is 13.0 Å². The highest BCUT2D eigenvalue weighted by atomic mass is 16.6. The van der Waals surface area contributed by atoms with E-state index in [1.54, 1.807) is 18.2 Å². The number of aryl methyl sites for hydroxylation is 1. The number of rotatable bonds is 5. The van der Waals surface area contributed by atoms with E-state index in [9.17, 15) is 14.9 Å². The van der Waals surface area contributed by atoms with Crippen LogP contribution in [0.5, 0.6) is 0 Å². The SMILES string of the molecule is Cn1c(CNC(=O)Cc2ccccc2[N+](=O)[O-])nc2ccccc21. The molecular formula is C17H16N4O3. The Morgan fingerprint density at radius 2 is 1.92 bits per heavy atom. The van der Waals surface area contributed by atoms with E-state index in [4.69, 9.17) is 0 Å². The standard InChI is InChI=1S/C17H16N4O3/c1-20-15-9-5-3-7-13(15)19-16(20)11-18-17(22)10-12-6-2-4-8-14(12)21(23)24/h2-9H,10-11H2,1H3,(H,18,22). The highest BCUT2D eigenvalue weighted by Gasteiger charge is 2.16. The van der Waals surface area contributed by atoms with Gasteiger partial charge in [-0.25, -0.2) is 4.98 Å². The predicted molar refractivity (Wildman–Crippen MR) is 89.4 cm³/mol. The molecule has 0 fully saturated rings. The molecule has 0 aliphatic rings. The van der Waals surface area contributed by atoms with Crippen LogP contribution < -0.4 is 5.32 Å². The maximum atomic E-state index is 12.1. The molecule has 0 atom stereocenters. The first kappa shape index (κ1) is 15.7. The van der Waals surface area contributed by atoms with E-state index in [1.807, 2.05) is 35.9 Å². The quantitative estimate of drug-likeness (QED) is 0.576. The van der Waals surface area contributed by atoms with Gasteiger partial charge in [0.15, 0.2) is 0 Å². The molecule has 1 amide bonds. The zero-order valence-electron chi connectivity index (χ0n) is 13.1. The number of nitrogens with zero attached hydrogens (tertiary/aromatic N) is 3. The Balaban J connectivity index is 1.69. The minimum Gasteiger partial charge on any atom is -0.349 e. The minimum absolute atomic E-state index is 0.0406. The molecule has 24 heavy (non-hydrogen) atoms. The highest BCUT2D eigenvalue weighted by Crippen LogP contribution is 2.18. The van der Waals surface area contributed by atoms with Crippen LogP contribution in [0.3, 0.4) is 0 Å². The van der Waals surface area contributed by atoms with Crippen molar-refractivity contribution in [2.75, 3.05) is 0 Å². The van der Waals surface area contributed by atoms with E-state index < -0.39 is 4.92 Å². The van der Waals surface area contributed by atoms with Crippen molar-refractivity contribution in [1.29, 1.82) is 0 Å². The summed E-state index contributed by atoms with van der Waals surface area (Å²) in [4.78, 5) is 27.1. The topological polar surface area (TPSA) is 90.1 Å². The predicted octanol–water partition coefficient (Wildman–Crippen LogP) is 2.34. The zero-order valence-corrected chi connectivity index (χ0v) is 13.1. The maximum absolute atomic E-state index is 12.1. The van der Waals surface area contributed by atoms with Crippen LogP contribution >= 0.6 is 0 Å². The average molecular weight is 324 g/mol. The highest BCUT2D eigenvalue weighted by molar-refractivity contribution is 5.80. The molecule has 0 bridgehead atoms. The number of carbonyl (C=O) groups is 1. The van der Waals surface area contributed by atoms with Gasteiger partial charge >= 0.3 is 0 Å². The molecule has 0 spiro atoms. The molecule has 0 saturated heterocycles. The fourth-order valence-corrected chi connectivity index (χ4v) is 2.61. The number of fused-ring (bicyclic) bond motifs is 1. The Bertz CT molecular complexity index is 917. The van der Waals surface area contributed by atoms with Crippen LogP contribution in [-0.2, 0) is 24.8 Å². The number of para-hydroxylation sites is 3. The molecule has 3 rings (SSSR count). The van der Waals surface area contributed by atoms with Crippen LogP contribution in [0.1, 0.15) is 11.4 Å². The third kappa shape index (κ3) is 3.10. The van der Waals surface area contributed by atoms with E-state index in [-0.39, 0.29) is 24.6 Å².